The molecule has 0 radical (unpaired) electrons. The maximum Gasteiger partial charge on any atom is 0.322 e. The van der Waals surface area contributed by atoms with Gasteiger partial charge in [0.1, 0.15) is 12.4 Å². The average Bonchev–Trinajstić information content (AvgIpc) is 3.25. The first kappa shape index (κ1) is 26.4. The highest BCUT2D eigenvalue weighted by Crippen LogP contribution is 2.20. The molecule has 35 heavy (non-hydrogen) atoms. The number of amides is 3. The SMILES string of the molecule is CC[C@H](C)CN(CC(=O)N(Cc1ccc(F)cc1)Cc1ccc(C)s1)C(=O)Nc1ccccc1C. The molecule has 0 aliphatic heterocycles. The van der Waals surface area contributed by atoms with E-state index in [0.29, 0.717) is 19.6 Å². The minimum absolute atomic E-state index is 0.0341. The molecule has 7 heteroatoms. The number of hydrogen-bond acceptors (Lipinski definition) is 3. The Morgan fingerprint density at radius 3 is 2.31 bits per heavy atom. The largest absolute Gasteiger partial charge is 0.332 e. The number of anilines is 1. The molecule has 0 saturated carbocycles. The van der Waals surface area contributed by atoms with Crippen molar-refractivity contribution in [2.75, 3.05) is 18.4 Å². The van der Waals surface area contributed by atoms with Crippen LogP contribution in [0.2, 0.25) is 0 Å². The maximum atomic E-state index is 13.6. The van der Waals surface area contributed by atoms with Crippen molar-refractivity contribution < 1.29 is 14.0 Å². The molecular weight excluding hydrogens is 461 g/mol. The van der Waals surface area contributed by atoms with Gasteiger partial charge in [-0.2, -0.15) is 0 Å². The number of halogens is 1. The van der Waals surface area contributed by atoms with Crippen LogP contribution in [0, 0.1) is 25.6 Å². The molecule has 1 N–H and O–H groups in total. The molecule has 1 heterocycles. The number of carbonyl (C=O) groups excluding carboxylic acids is 2. The van der Waals surface area contributed by atoms with Crippen molar-refractivity contribution in [3.05, 3.63) is 87.4 Å². The first-order valence-electron chi connectivity index (χ1n) is 11.9. The second kappa shape index (κ2) is 12.5. The Kier molecular flexibility index (Phi) is 9.43. The van der Waals surface area contributed by atoms with Crippen LogP contribution in [-0.2, 0) is 17.9 Å². The Morgan fingerprint density at radius 1 is 0.971 bits per heavy atom. The van der Waals surface area contributed by atoms with Crippen molar-refractivity contribution >= 4 is 29.0 Å². The van der Waals surface area contributed by atoms with Crippen LogP contribution in [0.4, 0.5) is 14.9 Å². The number of para-hydroxylation sites is 1. The Hall–Kier alpha value is -3.19. The molecule has 0 fully saturated rings. The zero-order valence-corrected chi connectivity index (χ0v) is 21.7. The van der Waals surface area contributed by atoms with Crippen molar-refractivity contribution in [3.8, 4) is 0 Å². The number of urea groups is 1. The summed E-state index contributed by atoms with van der Waals surface area (Å²) in [6, 6.07) is 17.5. The van der Waals surface area contributed by atoms with E-state index in [1.54, 1.807) is 33.3 Å². The van der Waals surface area contributed by atoms with Crippen LogP contribution in [0.3, 0.4) is 0 Å². The average molecular weight is 496 g/mol. The van der Waals surface area contributed by atoms with Gasteiger partial charge in [0.2, 0.25) is 5.91 Å². The number of nitrogens with zero attached hydrogens (tertiary/aromatic N) is 2. The highest BCUT2D eigenvalue weighted by atomic mass is 32.1. The molecule has 1 atom stereocenters. The third kappa shape index (κ3) is 7.92. The van der Waals surface area contributed by atoms with Crippen LogP contribution in [0.15, 0.2) is 60.7 Å². The van der Waals surface area contributed by atoms with Crippen molar-refractivity contribution in [2.45, 2.75) is 47.2 Å². The molecule has 0 aliphatic carbocycles. The first-order valence-corrected chi connectivity index (χ1v) is 12.8. The number of nitrogens with one attached hydrogen (secondary N) is 1. The van der Waals surface area contributed by atoms with Gasteiger partial charge in [0.15, 0.2) is 0 Å². The molecular formula is C28H34FN3O2S. The Labute approximate surface area is 211 Å². The summed E-state index contributed by atoms with van der Waals surface area (Å²) in [5, 5.41) is 2.97. The normalized spacial score (nSPS) is 11.7. The molecule has 5 nitrogen and oxygen atoms in total. The molecule has 3 amide bonds. The van der Waals surface area contributed by atoms with Gasteiger partial charge in [0.25, 0.3) is 0 Å². The Balaban J connectivity index is 1.80. The number of hydrogen-bond donors (Lipinski definition) is 1. The number of carbonyl (C=O) groups is 2. The molecule has 2 aromatic carbocycles. The van der Waals surface area contributed by atoms with E-state index in [0.717, 1.165) is 28.1 Å². The van der Waals surface area contributed by atoms with Crippen molar-refractivity contribution in [2.24, 2.45) is 5.92 Å². The molecule has 0 aliphatic rings. The van der Waals surface area contributed by atoms with Gasteiger partial charge < -0.3 is 15.1 Å². The van der Waals surface area contributed by atoms with Gasteiger partial charge in [-0.1, -0.05) is 50.6 Å². The summed E-state index contributed by atoms with van der Waals surface area (Å²) in [5.41, 5.74) is 2.53. The van der Waals surface area contributed by atoms with Crippen LogP contribution in [0.25, 0.3) is 0 Å². The van der Waals surface area contributed by atoms with Crippen LogP contribution in [0.5, 0.6) is 0 Å². The lowest BCUT2D eigenvalue weighted by atomic mass is 10.1. The summed E-state index contributed by atoms with van der Waals surface area (Å²) >= 11 is 1.64. The van der Waals surface area contributed by atoms with E-state index in [1.165, 1.54) is 17.0 Å². The maximum absolute atomic E-state index is 13.6. The summed E-state index contributed by atoms with van der Waals surface area (Å²) in [4.78, 5) is 32.4. The molecule has 1 aromatic heterocycles. The zero-order valence-electron chi connectivity index (χ0n) is 20.9. The van der Waals surface area contributed by atoms with Gasteiger partial charge in [-0.05, 0) is 61.2 Å². The van der Waals surface area contributed by atoms with Crippen molar-refractivity contribution in [1.82, 2.24) is 9.80 Å². The molecule has 0 spiro atoms. The van der Waals surface area contributed by atoms with E-state index < -0.39 is 0 Å². The third-order valence-corrected chi connectivity index (χ3v) is 7.00. The minimum atomic E-state index is -0.312. The van der Waals surface area contributed by atoms with Gasteiger partial charge >= 0.3 is 6.03 Å². The summed E-state index contributed by atoms with van der Waals surface area (Å²) in [5.74, 6) is -0.215. The Morgan fingerprint density at radius 2 is 1.69 bits per heavy atom. The molecule has 0 bridgehead atoms. The highest BCUT2D eigenvalue weighted by Gasteiger charge is 2.24. The van der Waals surface area contributed by atoms with E-state index in [2.05, 4.69) is 19.2 Å². The smallest absolute Gasteiger partial charge is 0.322 e. The van der Waals surface area contributed by atoms with E-state index in [-0.39, 0.29) is 30.2 Å². The van der Waals surface area contributed by atoms with Crippen LogP contribution in [-0.4, -0.2) is 34.8 Å². The van der Waals surface area contributed by atoms with E-state index in [4.69, 9.17) is 0 Å². The van der Waals surface area contributed by atoms with Gasteiger partial charge in [0.05, 0.1) is 6.54 Å². The van der Waals surface area contributed by atoms with E-state index in [9.17, 15) is 14.0 Å². The van der Waals surface area contributed by atoms with E-state index >= 15 is 0 Å². The first-order chi connectivity index (χ1) is 16.7. The van der Waals surface area contributed by atoms with Gasteiger partial charge in [-0.3, -0.25) is 4.79 Å². The molecule has 3 aromatic rings. The second-order valence-corrected chi connectivity index (χ2v) is 10.4. The fraction of sp³-hybridized carbons (Fsp3) is 0.357. The van der Waals surface area contributed by atoms with Gasteiger partial charge in [0, 0.05) is 28.5 Å². The molecule has 0 unspecified atom stereocenters. The monoisotopic (exact) mass is 495 g/mol. The molecule has 186 valence electrons. The van der Waals surface area contributed by atoms with E-state index in [1.807, 2.05) is 50.2 Å². The highest BCUT2D eigenvalue weighted by molar-refractivity contribution is 7.11. The van der Waals surface area contributed by atoms with Crippen LogP contribution in [0.1, 0.15) is 41.1 Å². The fourth-order valence-electron chi connectivity index (χ4n) is 3.70. The van der Waals surface area contributed by atoms with Crippen molar-refractivity contribution in [3.63, 3.8) is 0 Å². The minimum Gasteiger partial charge on any atom is -0.332 e. The topological polar surface area (TPSA) is 52.7 Å². The molecule has 3 rings (SSSR count). The second-order valence-electron chi connectivity index (χ2n) is 9.03. The fourth-order valence-corrected chi connectivity index (χ4v) is 4.60. The quantitative estimate of drug-likeness (QED) is 0.344. The van der Waals surface area contributed by atoms with Crippen LogP contribution >= 0.6 is 11.3 Å². The molecule has 0 saturated heterocycles. The van der Waals surface area contributed by atoms with Gasteiger partial charge in [-0.25, -0.2) is 9.18 Å². The van der Waals surface area contributed by atoms with Crippen LogP contribution < -0.4 is 5.32 Å². The number of rotatable bonds is 10. The predicted octanol–water partition coefficient (Wildman–Crippen LogP) is 6.61. The Bertz CT molecular complexity index is 1130. The predicted molar refractivity (Wildman–Crippen MR) is 141 cm³/mol. The number of aryl methyl sites for hydroxylation is 2. The lowest BCUT2D eigenvalue weighted by Gasteiger charge is -2.29. The third-order valence-electron chi connectivity index (χ3n) is 6.01. The summed E-state index contributed by atoms with van der Waals surface area (Å²) in [7, 11) is 0. The van der Waals surface area contributed by atoms with Crippen molar-refractivity contribution in [1.29, 1.82) is 0 Å². The summed E-state index contributed by atoms with van der Waals surface area (Å²) in [6.07, 6.45) is 0.899. The number of thiophene rings is 1. The standard InChI is InChI=1S/C28H34FN3O2S/c1-5-20(2)16-32(28(34)30-26-9-7-6-8-21(26)3)19-27(33)31(18-25-15-10-22(4)35-25)17-23-11-13-24(29)14-12-23/h6-15,20H,5,16-19H2,1-4H3,(H,30,34)/t20-/m0/s1. The zero-order chi connectivity index (χ0) is 25.4. The lowest BCUT2D eigenvalue weighted by Crippen LogP contribution is -2.45. The summed E-state index contributed by atoms with van der Waals surface area (Å²) in [6.45, 7) is 9.33. The lowest BCUT2D eigenvalue weighted by molar-refractivity contribution is -0.133. The summed E-state index contributed by atoms with van der Waals surface area (Å²) < 4.78 is 13.4. The van der Waals surface area contributed by atoms with Gasteiger partial charge in [-0.15, -0.1) is 11.3 Å². The number of benzene rings is 2.